The van der Waals surface area contributed by atoms with Gasteiger partial charge in [0.15, 0.2) is 0 Å². The molecule has 2 aromatic carbocycles. The van der Waals surface area contributed by atoms with Crippen LogP contribution in [0.1, 0.15) is 24.6 Å². The van der Waals surface area contributed by atoms with Crippen molar-refractivity contribution in [3.05, 3.63) is 97.2 Å². The van der Waals surface area contributed by atoms with E-state index in [9.17, 15) is 4.79 Å². The minimum absolute atomic E-state index is 0.0922. The van der Waals surface area contributed by atoms with Crippen LogP contribution < -0.4 is 10.1 Å². The number of hydrogen-bond acceptors (Lipinski definition) is 4. The number of hydrogen-bond donors (Lipinski definition) is 1. The molecule has 5 aromatic rings. The Morgan fingerprint density at radius 1 is 1.03 bits per heavy atom. The molecular weight excluding hydrogens is 464 g/mol. The molecule has 8 nitrogen and oxygen atoms in total. The Morgan fingerprint density at radius 2 is 1.92 bits per heavy atom. The molecule has 1 fully saturated rings. The van der Waals surface area contributed by atoms with Crippen molar-refractivity contribution in [1.82, 2.24) is 24.1 Å². The third-order valence-electron chi connectivity index (χ3n) is 6.88. The van der Waals surface area contributed by atoms with E-state index in [0.29, 0.717) is 6.54 Å². The third-order valence-corrected chi connectivity index (χ3v) is 6.88. The number of rotatable bonds is 5. The Bertz CT molecular complexity index is 1520. The highest BCUT2D eigenvalue weighted by atomic mass is 16.5. The zero-order chi connectivity index (χ0) is 25.2. The monoisotopic (exact) mass is 492 g/mol. The van der Waals surface area contributed by atoms with Gasteiger partial charge in [0, 0.05) is 48.8 Å². The van der Waals surface area contributed by atoms with E-state index in [1.54, 1.807) is 18.0 Å². The molecule has 4 heterocycles. The van der Waals surface area contributed by atoms with Gasteiger partial charge in [0.2, 0.25) is 0 Å². The fourth-order valence-electron chi connectivity index (χ4n) is 5.03. The van der Waals surface area contributed by atoms with Crippen LogP contribution in [-0.4, -0.2) is 50.3 Å². The summed E-state index contributed by atoms with van der Waals surface area (Å²) < 4.78 is 9.38. The van der Waals surface area contributed by atoms with Crippen molar-refractivity contribution in [2.75, 3.05) is 25.5 Å². The average molecular weight is 493 g/mol. The number of likely N-dealkylation sites (tertiary alicyclic amines) is 1. The lowest BCUT2D eigenvalue weighted by molar-refractivity contribution is 0.191. The minimum atomic E-state index is -0.0922. The maximum absolute atomic E-state index is 13.2. The summed E-state index contributed by atoms with van der Waals surface area (Å²) in [5.41, 5.74) is 4.69. The number of urea groups is 1. The number of methoxy groups -OCH3 is 1. The van der Waals surface area contributed by atoms with Gasteiger partial charge in [-0.15, -0.1) is 0 Å². The summed E-state index contributed by atoms with van der Waals surface area (Å²) in [4.78, 5) is 20.2. The van der Waals surface area contributed by atoms with Crippen molar-refractivity contribution in [2.45, 2.75) is 18.8 Å². The number of amides is 2. The molecular formula is C29H28N6O2. The van der Waals surface area contributed by atoms with Crippen LogP contribution in [0.25, 0.3) is 22.5 Å². The molecule has 1 saturated heterocycles. The van der Waals surface area contributed by atoms with Gasteiger partial charge in [-0.1, -0.05) is 18.2 Å². The highest BCUT2D eigenvalue weighted by Crippen LogP contribution is 2.33. The number of fused-ring (bicyclic) bond motifs is 1. The molecule has 0 spiro atoms. The van der Waals surface area contributed by atoms with Gasteiger partial charge in [0.1, 0.15) is 11.6 Å². The number of ether oxygens (including phenoxy) is 1. The van der Waals surface area contributed by atoms with Crippen molar-refractivity contribution in [2.24, 2.45) is 0 Å². The van der Waals surface area contributed by atoms with Crippen molar-refractivity contribution in [1.29, 1.82) is 0 Å². The molecule has 37 heavy (non-hydrogen) atoms. The van der Waals surface area contributed by atoms with Crippen LogP contribution in [0.5, 0.6) is 5.75 Å². The van der Waals surface area contributed by atoms with Gasteiger partial charge in [0.05, 0.1) is 24.0 Å². The summed E-state index contributed by atoms with van der Waals surface area (Å²) >= 11 is 0. The summed E-state index contributed by atoms with van der Waals surface area (Å²) in [6.07, 6.45) is 7.59. The van der Waals surface area contributed by atoms with Gasteiger partial charge >= 0.3 is 6.03 Å². The quantitative estimate of drug-likeness (QED) is 0.346. The molecule has 1 atom stereocenters. The number of carbonyl (C=O) groups excluding carboxylic acids is 1. The van der Waals surface area contributed by atoms with Crippen molar-refractivity contribution < 1.29 is 9.53 Å². The lowest BCUT2D eigenvalue weighted by Crippen LogP contribution is -2.42. The van der Waals surface area contributed by atoms with Gasteiger partial charge in [-0.3, -0.25) is 0 Å². The number of piperidine rings is 1. The minimum Gasteiger partial charge on any atom is -0.497 e. The number of nitrogens with zero attached hydrogens (tertiary/aromatic N) is 5. The molecule has 2 amide bonds. The topological polar surface area (TPSA) is 76.7 Å². The van der Waals surface area contributed by atoms with Crippen molar-refractivity contribution in [3.8, 4) is 22.7 Å². The van der Waals surface area contributed by atoms with E-state index in [2.05, 4.69) is 33.1 Å². The number of carbonyl (C=O) groups is 1. The molecule has 186 valence electrons. The van der Waals surface area contributed by atoms with E-state index >= 15 is 0 Å². The first-order chi connectivity index (χ1) is 18.2. The van der Waals surface area contributed by atoms with E-state index < -0.39 is 0 Å². The van der Waals surface area contributed by atoms with Crippen LogP contribution in [-0.2, 0) is 0 Å². The molecule has 0 saturated carbocycles. The highest BCUT2D eigenvalue weighted by molar-refractivity contribution is 5.89. The van der Waals surface area contributed by atoms with Crippen LogP contribution in [0.15, 0.2) is 91.4 Å². The molecule has 1 aliphatic heterocycles. The predicted molar refractivity (Wildman–Crippen MR) is 143 cm³/mol. The second-order valence-electron chi connectivity index (χ2n) is 9.22. The molecule has 0 bridgehead atoms. The van der Waals surface area contributed by atoms with E-state index in [0.717, 1.165) is 59.1 Å². The Labute approximate surface area is 215 Å². The largest absolute Gasteiger partial charge is 0.497 e. The van der Waals surface area contributed by atoms with Crippen molar-refractivity contribution in [3.63, 3.8) is 0 Å². The molecule has 1 aliphatic rings. The summed E-state index contributed by atoms with van der Waals surface area (Å²) in [5, 5.41) is 7.30. The molecule has 3 aromatic heterocycles. The summed E-state index contributed by atoms with van der Waals surface area (Å²) in [7, 11) is 1.67. The van der Waals surface area contributed by atoms with Gasteiger partial charge in [-0.05, 0) is 67.4 Å². The maximum Gasteiger partial charge on any atom is 0.321 e. The van der Waals surface area contributed by atoms with Gasteiger partial charge in [0.25, 0.3) is 0 Å². The Morgan fingerprint density at radius 3 is 2.73 bits per heavy atom. The molecule has 8 heteroatoms. The molecule has 0 unspecified atom stereocenters. The van der Waals surface area contributed by atoms with E-state index in [1.165, 1.54) is 0 Å². The number of aromatic nitrogens is 4. The molecule has 0 radical (unpaired) electrons. The van der Waals surface area contributed by atoms with Crippen LogP contribution in [0.2, 0.25) is 0 Å². The molecule has 6 rings (SSSR count). The van der Waals surface area contributed by atoms with E-state index in [1.807, 2.05) is 71.8 Å². The number of anilines is 1. The summed E-state index contributed by atoms with van der Waals surface area (Å²) in [6.45, 7) is 1.34. The fourth-order valence-corrected chi connectivity index (χ4v) is 5.03. The van der Waals surface area contributed by atoms with Crippen LogP contribution in [0.4, 0.5) is 10.5 Å². The number of benzene rings is 2. The van der Waals surface area contributed by atoms with Gasteiger partial charge < -0.3 is 19.4 Å². The SMILES string of the molecule is COc1cccc(-c2nc([C@@H]3CCCN(C(=O)Nc4ccc(-n5cccn5)cc4)C3)n3ccccc23)c1. The Hall–Kier alpha value is -4.59. The lowest BCUT2D eigenvalue weighted by atomic mass is 9.97. The average Bonchev–Trinajstić information content (AvgIpc) is 3.63. The summed E-state index contributed by atoms with van der Waals surface area (Å²) in [6, 6.07) is 23.6. The van der Waals surface area contributed by atoms with Gasteiger partial charge in [-0.2, -0.15) is 5.10 Å². The number of nitrogens with one attached hydrogen (secondary N) is 1. The number of pyridine rings is 1. The Balaban J connectivity index is 1.22. The summed E-state index contributed by atoms with van der Waals surface area (Å²) in [5.74, 6) is 1.92. The first kappa shape index (κ1) is 22.8. The zero-order valence-electron chi connectivity index (χ0n) is 20.6. The van der Waals surface area contributed by atoms with Crippen LogP contribution in [0.3, 0.4) is 0 Å². The Kier molecular flexibility index (Phi) is 6.06. The second-order valence-corrected chi connectivity index (χ2v) is 9.22. The van der Waals surface area contributed by atoms with Crippen molar-refractivity contribution >= 4 is 17.2 Å². The lowest BCUT2D eigenvalue weighted by Gasteiger charge is -2.32. The molecule has 0 aliphatic carbocycles. The van der Waals surface area contributed by atoms with Crippen LogP contribution >= 0.6 is 0 Å². The van der Waals surface area contributed by atoms with E-state index in [-0.39, 0.29) is 11.9 Å². The standard InChI is InChI=1S/C29H28N6O2/c1-37-25-9-4-7-21(19-25)27-26-10-2-3-17-34(26)28(32-27)22-8-5-16-33(20-22)29(36)31-23-11-13-24(14-12-23)35-18-6-15-30-35/h2-4,6-7,9-15,17-19,22H,5,8,16,20H2,1H3,(H,31,36)/t22-/m1/s1. The molecule has 1 N–H and O–H groups in total. The second kappa shape index (κ2) is 9.81. The zero-order valence-corrected chi connectivity index (χ0v) is 20.6. The number of imidazole rings is 1. The highest BCUT2D eigenvalue weighted by Gasteiger charge is 2.28. The maximum atomic E-state index is 13.2. The fraction of sp³-hybridized carbons (Fsp3) is 0.207. The van der Waals surface area contributed by atoms with Gasteiger partial charge in [-0.25, -0.2) is 14.5 Å². The van der Waals surface area contributed by atoms with Crippen LogP contribution in [0, 0.1) is 0 Å². The normalized spacial score (nSPS) is 15.6. The third kappa shape index (κ3) is 4.53. The predicted octanol–water partition coefficient (Wildman–Crippen LogP) is 5.61. The smallest absolute Gasteiger partial charge is 0.321 e. The first-order valence-electron chi connectivity index (χ1n) is 12.5. The first-order valence-corrected chi connectivity index (χ1v) is 12.5. The van der Waals surface area contributed by atoms with E-state index in [4.69, 9.17) is 9.72 Å².